The van der Waals surface area contributed by atoms with E-state index >= 15 is 0 Å². The molecule has 0 aliphatic carbocycles. The van der Waals surface area contributed by atoms with Gasteiger partial charge in [0, 0.05) is 0 Å². The molecule has 0 aromatic rings. The predicted octanol–water partition coefficient (Wildman–Crippen LogP) is 2.01. The quantitative estimate of drug-likeness (QED) is 0.455. The second kappa shape index (κ2) is 3.09. The third-order valence-electron chi connectivity index (χ3n) is 0.246. The Hall–Kier alpha value is -0.110. The first-order chi connectivity index (χ1) is 2.81. The van der Waals surface area contributed by atoms with Crippen LogP contribution in [-0.2, 0) is 0 Å². The molecule has 0 unspecified atom stereocenters. The van der Waals surface area contributed by atoms with Crippen LogP contribution in [0.2, 0.25) is 0 Å². The van der Waals surface area contributed by atoms with Gasteiger partial charge in [0.15, 0.2) is 0 Å². The monoisotopic (exact) mass is 112 g/mol. The zero-order valence-electron chi connectivity index (χ0n) is 2.92. The van der Waals surface area contributed by atoms with Crippen molar-refractivity contribution in [1.29, 1.82) is 0 Å². The summed E-state index contributed by atoms with van der Waals surface area (Å²) < 4.78 is 22.0. The largest absolute Gasteiger partial charge is 0.213 e. The first-order valence-corrected chi connectivity index (χ1v) is 1.85. The number of hydrogen-bond acceptors (Lipinski definition) is 0. The number of hydrogen-bond donors (Lipinski definition) is 0. The lowest BCUT2D eigenvalue weighted by atomic mass is 10.7. The van der Waals surface area contributed by atoms with Gasteiger partial charge in [0.1, 0.15) is 12.2 Å². The predicted molar refractivity (Wildman–Crippen MR) is 21.0 cm³/mol. The van der Waals surface area contributed by atoms with E-state index < -0.39 is 5.83 Å². The Kier molecular flexibility index (Phi) is 3.04. The molecular formula is C3H3ClF2. The molecule has 0 aliphatic rings. The van der Waals surface area contributed by atoms with E-state index in [-0.39, 0.29) is 12.2 Å². The molecule has 0 saturated carbocycles. The minimum absolute atomic E-state index is 0.160. The van der Waals surface area contributed by atoms with Gasteiger partial charge in [0.25, 0.3) is 0 Å². The van der Waals surface area contributed by atoms with E-state index in [0.717, 1.165) is 0 Å². The summed E-state index contributed by atoms with van der Waals surface area (Å²) in [4.78, 5) is 0. The molecule has 0 rings (SSSR count). The van der Waals surface area contributed by atoms with Crippen LogP contribution in [-0.4, -0.2) is 5.88 Å². The summed E-state index contributed by atoms with van der Waals surface area (Å²) >= 11 is 4.77. The van der Waals surface area contributed by atoms with E-state index in [1.54, 1.807) is 0 Å². The van der Waals surface area contributed by atoms with Gasteiger partial charge in [-0.25, -0.2) is 8.78 Å². The zero-order valence-corrected chi connectivity index (χ0v) is 3.67. The summed E-state index contributed by atoms with van der Waals surface area (Å²) in [6, 6.07) is 0. The molecule has 0 heterocycles. The van der Waals surface area contributed by atoms with Crippen LogP contribution in [0.4, 0.5) is 8.78 Å². The lowest BCUT2D eigenvalue weighted by Gasteiger charge is -1.75. The Morgan fingerprint density at radius 2 is 2.33 bits per heavy atom. The molecule has 0 radical (unpaired) electrons. The number of alkyl halides is 1. The molecule has 0 aromatic heterocycles. The summed E-state index contributed by atoms with van der Waals surface area (Å²) in [5, 5.41) is 0. The van der Waals surface area contributed by atoms with Gasteiger partial charge < -0.3 is 0 Å². The van der Waals surface area contributed by atoms with Gasteiger partial charge in [0.2, 0.25) is 0 Å². The lowest BCUT2D eigenvalue weighted by Crippen LogP contribution is -1.66. The number of allylic oxidation sites excluding steroid dienone is 1. The molecule has 0 N–H and O–H groups in total. The molecule has 3 heteroatoms. The van der Waals surface area contributed by atoms with Gasteiger partial charge in [-0.15, -0.1) is 11.6 Å². The summed E-state index contributed by atoms with van der Waals surface area (Å²) in [6.45, 7) is 0. The second-order valence-corrected chi connectivity index (χ2v) is 0.957. The summed E-state index contributed by atoms with van der Waals surface area (Å²) in [7, 11) is 0. The molecule has 0 aliphatic heterocycles. The van der Waals surface area contributed by atoms with Crippen LogP contribution in [0.1, 0.15) is 0 Å². The van der Waals surface area contributed by atoms with Crippen molar-refractivity contribution in [3.8, 4) is 0 Å². The Bertz CT molecular complexity index is 59.8. The molecule has 0 fully saturated rings. The van der Waals surface area contributed by atoms with Crippen LogP contribution in [0.15, 0.2) is 12.2 Å². The summed E-state index contributed by atoms with van der Waals surface area (Å²) in [5.41, 5.74) is 0. The highest BCUT2D eigenvalue weighted by molar-refractivity contribution is 6.19. The lowest BCUT2D eigenvalue weighted by molar-refractivity contribution is 0.588. The van der Waals surface area contributed by atoms with Crippen molar-refractivity contribution in [2.24, 2.45) is 0 Å². The van der Waals surface area contributed by atoms with Crippen LogP contribution in [0.25, 0.3) is 0 Å². The molecule has 0 bridgehead atoms. The van der Waals surface area contributed by atoms with Crippen molar-refractivity contribution in [3.05, 3.63) is 12.2 Å². The summed E-state index contributed by atoms with van der Waals surface area (Å²) in [6.07, 6.45) is -0.160. The topological polar surface area (TPSA) is 0 Å². The van der Waals surface area contributed by atoms with Crippen molar-refractivity contribution < 1.29 is 8.78 Å². The van der Waals surface area contributed by atoms with E-state index in [1.807, 2.05) is 0 Å². The summed E-state index contributed by atoms with van der Waals surface area (Å²) in [5.74, 6) is -1.31. The molecule has 36 valence electrons. The highest BCUT2D eigenvalue weighted by atomic mass is 35.5. The van der Waals surface area contributed by atoms with Gasteiger partial charge in [0.05, 0.1) is 5.88 Å². The fourth-order valence-corrected chi connectivity index (χ4v) is 0.0875. The standard InChI is InChI=1S/C3H3ClF2/c4-1-3(6)2-5/h2H,1H2/b3-2-. The Balaban J connectivity index is 3.22. The fraction of sp³-hybridized carbons (Fsp3) is 0.333. The molecule has 0 atom stereocenters. The average Bonchev–Trinajstić information content (AvgIpc) is 1.65. The van der Waals surface area contributed by atoms with Crippen molar-refractivity contribution in [3.63, 3.8) is 0 Å². The fourth-order valence-electron chi connectivity index (χ4n) is 0.0292. The molecule has 0 saturated heterocycles. The van der Waals surface area contributed by atoms with Gasteiger partial charge >= 0.3 is 0 Å². The smallest absolute Gasteiger partial charge is 0.143 e. The number of rotatable bonds is 1. The molecular weight excluding hydrogens is 109 g/mol. The Morgan fingerprint density at radius 3 is 2.33 bits per heavy atom. The molecule has 0 spiro atoms. The minimum atomic E-state index is -0.934. The van der Waals surface area contributed by atoms with Crippen LogP contribution in [0, 0.1) is 0 Å². The van der Waals surface area contributed by atoms with Crippen molar-refractivity contribution in [2.45, 2.75) is 0 Å². The Morgan fingerprint density at radius 1 is 1.83 bits per heavy atom. The molecule has 0 amide bonds. The van der Waals surface area contributed by atoms with Gasteiger partial charge in [-0.05, 0) is 0 Å². The second-order valence-electron chi connectivity index (χ2n) is 0.690. The van der Waals surface area contributed by atoms with E-state index in [1.165, 1.54) is 0 Å². The van der Waals surface area contributed by atoms with Crippen molar-refractivity contribution in [1.82, 2.24) is 0 Å². The highest BCUT2D eigenvalue weighted by Crippen LogP contribution is 1.96. The third kappa shape index (κ3) is 2.15. The zero-order chi connectivity index (χ0) is 4.99. The van der Waals surface area contributed by atoms with Crippen molar-refractivity contribution >= 4 is 11.6 Å². The maximum atomic E-state index is 11.2. The Labute approximate surface area is 39.4 Å². The highest BCUT2D eigenvalue weighted by Gasteiger charge is 1.84. The third-order valence-corrected chi connectivity index (χ3v) is 0.501. The average molecular weight is 113 g/mol. The van der Waals surface area contributed by atoms with Crippen LogP contribution >= 0.6 is 11.6 Å². The van der Waals surface area contributed by atoms with E-state index in [9.17, 15) is 8.78 Å². The maximum Gasteiger partial charge on any atom is 0.143 e. The van der Waals surface area contributed by atoms with Gasteiger partial charge in [-0.1, -0.05) is 0 Å². The van der Waals surface area contributed by atoms with Gasteiger partial charge in [-0.3, -0.25) is 0 Å². The van der Waals surface area contributed by atoms with E-state index in [4.69, 9.17) is 11.6 Å². The minimum Gasteiger partial charge on any atom is -0.213 e. The normalized spacial score (nSPS) is 12.2. The first kappa shape index (κ1) is 5.89. The van der Waals surface area contributed by atoms with E-state index in [2.05, 4.69) is 0 Å². The number of halogens is 3. The molecule has 0 nitrogen and oxygen atoms in total. The SMILES string of the molecule is F/C=C(\F)CCl. The molecule has 6 heavy (non-hydrogen) atoms. The van der Waals surface area contributed by atoms with E-state index in [0.29, 0.717) is 0 Å². The van der Waals surface area contributed by atoms with Crippen LogP contribution in [0.3, 0.4) is 0 Å². The molecule has 0 aromatic carbocycles. The first-order valence-electron chi connectivity index (χ1n) is 1.32. The van der Waals surface area contributed by atoms with Crippen LogP contribution < -0.4 is 0 Å². The van der Waals surface area contributed by atoms with Crippen molar-refractivity contribution in [2.75, 3.05) is 5.88 Å². The maximum absolute atomic E-state index is 11.2. The van der Waals surface area contributed by atoms with Gasteiger partial charge in [-0.2, -0.15) is 0 Å². The van der Waals surface area contributed by atoms with Crippen LogP contribution in [0.5, 0.6) is 0 Å².